The Kier molecular flexibility index (Phi) is 5.46. The van der Waals surface area contributed by atoms with E-state index in [1.54, 1.807) is 6.07 Å². The zero-order valence-corrected chi connectivity index (χ0v) is 15.0. The van der Waals surface area contributed by atoms with Gasteiger partial charge in [0.25, 0.3) is 0 Å². The van der Waals surface area contributed by atoms with Crippen molar-refractivity contribution in [1.29, 1.82) is 0 Å². The summed E-state index contributed by atoms with van der Waals surface area (Å²) >= 11 is 6.16. The van der Waals surface area contributed by atoms with Crippen molar-refractivity contribution in [2.24, 2.45) is 0 Å². The summed E-state index contributed by atoms with van der Waals surface area (Å²) in [4.78, 5) is 16.5. The molecule has 0 spiro atoms. The van der Waals surface area contributed by atoms with Crippen LogP contribution in [0.25, 0.3) is 0 Å². The van der Waals surface area contributed by atoms with Crippen molar-refractivity contribution >= 4 is 28.9 Å². The molecule has 2 aromatic rings. The van der Waals surface area contributed by atoms with Crippen LogP contribution in [0.5, 0.6) is 5.75 Å². The maximum absolute atomic E-state index is 12.3. The van der Waals surface area contributed by atoms with E-state index >= 15 is 0 Å². The lowest BCUT2D eigenvalue weighted by Gasteiger charge is -2.35. The molecule has 1 amide bonds. The second-order valence-corrected chi connectivity index (χ2v) is 6.69. The number of hydrogen-bond donors (Lipinski definition) is 2. The van der Waals surface area contributed by atoms with Gasteiger partial charge in [0.05, 0.1) is 22.9 Å². The minimum Gasteiger partial charge on any atom is -0.506 e. The number of nitrogens with zero attached hydrogens (tertiary/aromatic N) is 2. The Bertz CT molecular complexity index is 758. The number of phenols is 1. The summed E-state index contributed by atoms with van der Waals surface area (Å²) in [7, 11) is 0. The number of hydrogen-bond acceptors (Lipinski definition) is 4. The topological polar surface area (TPSA) is 55.8 Å². The number of rotatable bonds is 4. The van der Waals surface area contributed by atoms with Crippen LogP contribution in [0.1, 0.15) is 5.56 Å². The molecule has 1 saturated heterocycles. The highest BCUT2D eigenvalue weighted by Crippen LogP contribution is 2.27. The molecule has 132 valence electrons. The van der Waals surface area contributed by atoms with Crippen LogP contribution in [0.15, 0.2) is 42.5 Å². The van der Waals surface area contributed by atoms with Crippen LogP contribution in [0.2, 0.25) is 5.02 Å². The van der Waals surface area contributed by atoms with E-state index in [2.05, 4.69) is 15.1 Å². The maximum atomic E-state index is 12.3. The molecule has 0 saturated carbocycles. The van der Waals surface area contributed by atoms with E-state index in [0.29, 0.717) is 23.0 Å². The van der Waals surface area contributed by atoms with Gasteiger partial charge in [0.1, 0.15) is 5.75 Å². The van der Waals surface area contributed by atoms with Crippen molar-refractivity contribution in [3.8, 4) is 5.75 Å². The minimum absolute atomic E-state index is 0.0678. The quantitative estimate of drug-likeness (QED) is 0.880. The van der Waals surface area contributed by atoms with Crippen LogP contribution < -0.4 is 10.2 Å². The Morgan fingerprint density at radius 3 is 2.56 bits per heavy atom. The Morgan fingerprint density at radius 2 is 1.88 bits per heavy atom. The average Bonchev–Trinajstić information content (AvgIpc) is 2.59. The SMILES string of the molecule is Cc1ccc(NC(=O)CN2CCN(c3ccccc3O)CC2)c(Cl)c1. The molecule has 2 N–H and O–H groups in total. The number of anilines is 2. The van der Waals surface area contributed by atoms with E-state index < -0.39 is 0 Å². The van der Waals surface area contributed by atoms with E-state index in [0.717, 1.165) is 37.4 Å². The molecule has 0 aliphatic carbocycles. The first-order valence-corrected chi connectivity index (χ1v) is 8.72. The Morgan fingerprint density at radius 1 is 1.16 bits per heavy atom. The van der Waals surface area contributed by atoms with Crippen LogP contribution in [-0.4, -0.2) is 48.6 Å². The van der Waals surface area contributed by atoms with Crippen LogP contribution in [-0.2, 0) is 4.79 Å². The lowest BCUT2D eigenvalue weighted by atomic mass is 10.2. The number of aryl methyl sites for hydroxylation is 1. The van der Waals surface area contributed by atoms with Gasteiger partial charge in [-0.15, -0.1) is 0 Å². The fourth-order valence-electron chi connectivity index (χ4n) is 2.99. The van der Waals surface area contributed by atoms with Crippen LogP contribution >= 0.6 is 11.6 Å². The van der Waals surface area contributed by atoms with E-state index in [-0.39, 0.29) is 5.91 Å². The van der Waals surface area contributed by atoms with Crippen molar-refractivity contribution < 1.29 is 9.90 Å². The van der Waals surface area contributed by atoms with Crippen LogP contribution in [0.4, 0.5) is 11.4 Å². The molecule has 0 unspecified atom stereocenters. The van der Waals surface area contributed by atoms with Crippen LogP contribution in [0, 0.1) is 6.92 Å². The summed E-state index contributed by atoms with van der Waals surface area (Å²) < 4.78 is 0. The molecule has 1 aliphatic rings. The number of nitrogens with one attached hydrogen (secondary N) is 1. The molecule has 0 aromatic heterocycles. The van der Waals surface area contributed by atoms with Crippen molar-refractivity contribution in [2.45, 2.75) is 6.92 Å². The third kappa shape index (κ3) is 4.44. The minimum atomic E-state index is -0.0678. The van der Waals surface area contributed by atoms with Gasteiger partial charge in [0.2, 0.25) is 5.91 Å². The molecule has 1 aliphatic heterocycles. The molecule has 6 heteroatoms. The summed E-state index contributed by atoms with van der Waals surface area (Å²) in [5.74, 6) is 0.226. The highest BCUT2D eigenvalue weighted by molar-refractivity contribution is 6.33. The van der Waals surface area contributed by atoms with Gasteiger partial charge in [-0.1, -0.05) is 29.8 Å². The zero-order chi connectivity index (χ0) is 17.8. The van der Waals surface area contributed by atoms with Crippen molar-refractivity contribution in [3.63, 3.8) is 0 Å². The number of benzene rings is 2. The molecule has 0 radical (unpaired) electrons. The molecule has 25 heavy (non-hydrogen) atoms. The number of phenolic OH excluding ortho intramolecular Hbond substituents is 1. The predicted molar refractivity (Wildman–Crippen MR) is 102 cm³/mol. The van der Waals surface area contributed by atoms with Gasteiger partial charge in [0.15, 0.2) is 0 Å². The Labute approximate surface area is 152 Å². The second kappa shape index (κ2) is 7.76. The molecule has 0 bridgehead atoms. The smallest absolute Gasteiger partial charge is 0.238 e. The maximum Gasteiger partial charge on any atom is 0.238 e. The third-order valence-corrected chi connectivity index (χ3v) is 4.67. The summed E-state index contributed by atoms with van der Waals surface area (Å²) in [6, 6.07) is 12.9. The molecular weight excluding hydrogens is 338 g/mol. The van der Waals surface area contributed by atoms with Gasteiger partial charge in [-0.3, -0.25) is 9.69 Å². The normalized spacial score (nSPS) is 15.2. The summed E-state index contributed by atoms with van der Waals surface area (Å²) in [5, 5.41) is 13.4. The number of piperazine rings is 1. The van der Waals surface area contributed by atoms with Gasteiger partial charge in [-0.25, -0.2) is 0 Å². The molecule has 1 heterocycles. The second-order valence-electron chi connectivity index (χ2n) is 6.28. The largest absolute Gasteiger partial charge is 0.506 e. The third-order valence-electron chi connectivity index (χ3n) is 4.36. The monoisotopic (exact) mass is 359 g/mol. The highest BCUT2D eigenvalue weighted by Gasteiger charge is 2.20. The van der Waals surface area contributed by atoms with E-state index in [1.807, 2.05) is 43.3 Å². The fourth-order valence-corrected chi connectivity index (χ4v) is 3.28. The van der Waals surface area contributed by atoms with E-state index in [9.17, 15) is 9.90 Å². The molecular formula is C19H22ClN3O2. The van der Waals surface area contributed by atoms with Crippen molar-refractivity contribution in [1.82, 2.24) is 4.90 Å². The predicted octanol–water partition coefficient (Wildman–Crippen LogP) is 3.11. The van der Waals surface area contributed by atoms with Gasteiger partial charge >= 0.3 is 0 Å². The number of carbonyl (C=O) groups excluding carboxylic acids is 1. The first-order chi connectivity index (χ1) is 12.0. The molecule has 5 nitrogen and oxygen atoms in total. The average molecular weight is 360 g/mol. The van der Waals surface area contributed by atoms with Crippen molar-refractivity contribution in [2.75, 3.05) is 42.9 Å². The number of carbonyl (C=O) groups is 1. The number of halogens is 1. The van der Waals surface area contributed by atoms with Crippen LogP contribution in [0.3, 0.4) is 0 Å². The van der Waals surface area contributed by atoms with Gasteiger partial charge in [0, 0.05) is 26.2 Å². The highest BCUT2D eigenvalue weighted by atomic mass is 35.5. The van der Waals surface area contributed by atoms with E-state index in [4.69, 9.17) is 11.6 Å². The van der Waals surface area contributed by atoms with Crippen molar-refractivity contribution in [3.05, 3.63) is 53.1 Å². The Hall–Kier alpha value is -2.24. The first kappa shape index (κ1) is 17.6. The standard InChI is InChI=1S/C19H22ClN3O2/c1-14-6-7-16(15(20)12-14)21-19(25)13-22-8-10-23(11-9-22)17-4-2-3-5-18(17)24/h2-7,12,24H,8-11,13H2,1H3,(H,21,25). The van der Waals surface area contributed by atoms with Gasteiger partial charge in [-0.2, -0.15) is 0 Å². The molecule has 3 rings (SSSR count). The Balaban J connectivity index is 1.52. The molecule has 0 atom stereocenters. The zero-order valence-electron chi connectivity index (χ0n) is 14.2. The lowest BCUT2D eigenvalue weighted by Crippen LogP contribution is -2.48. The summed E-state index contributed by atoms with van der Waals surface area (Å²) in [5.41, 5.74) is 2.55. The summed E-state index contributed by atoms with van der Waals surface area (Å²) in [6.07, 6.45) is 0. The first-order valence-electron chi connectivity index (χ1n) is 8.34. The van der Waals surface area contributed by atoms with Gasteiger partial charge < -0.3 is 15.3 Å². The number of amides is 1. The van der Waals surface area contributed by atoms with E-state index in [1.165, 1.54) is 0 Å². The number of para-hydroxylation sites is 2. The fraction of sp³-hybridized carbons (Fsp3) is 0.316. The summed E-state index contributed by atoms with van der Waals surface area (Å²) in [6.45, 7) is 5.37. The molecule has 1 fully saturated rings. The molecule has 2 aromatic carbocycles. The van der Waals surface area contributed by atoms with Gasteiger partial charge in [-0.05, 0) is 36.8 Å². The number of aromatic hydroxyl groups is 1. The lowest BCUT2D eigenvalue weighted by molar-refractivity contribution is -0.117.